The van der Waals surface area contributed by atoms with Crippen LogP contribution < -0.4 is 9.30 Å². The van der Waals surface area contributed by atoms with Crippen LogP contribution in [0.3, 0.4) is 0 Å². The Hall–Kier alpha value is -10.4. The van der Waals surface area contributed by atoms with Crippen molar-refractivity contribution in [1.82, 2.24) is 14.1 Å². The summed E-state index contributed by atoms with van der Waals surface area (Å²) in [5, 5.41) is 2.32. The predicted octanol–water partition coefficient (Wildman–Crippen LogP) is 18.6. The van der Waals surface area contributed by atoms with Crippen LogP contribution in [-0.2, 0) is 10.8 Å². The van der Waals surface area contributed by atoms with Gasteiger partial charge in [-0.2, -0.15) is 0 Å². The molecule has 0 N–H and O–H groups in total. The second-order valence-corrected chi connectivity index (χ2v) is 23.2. The average Bonchev–Trinajstić information content (AvgIpc) is 2.02. The zero-order chi connectivity index (χ0) is 54.4. The van der Waals surface area contributed by atoms with Crippen LogP contribution in [-0.4, -0.2) is 14.1 Å². The molecule has 17 rings (SSSR count). The summed E-state index contributed by atoms with van der Waals surface area (Å²) in [7, 11) is 0. The molecule has 0 amide bonds. The fraction of sp³-hybridized carbons (Fsp3) is 0.0649. The highest BCUT2D eigenvalue weighted by atomic mass is 16.5. The number of hydrogen-bond acceptors (Lipinski definition) is 2. The minimum absolute atomic E-state index is 0.0281. The Kier molecular flexibility index (Phi) is 9.83. The van der Waals surface area contributed by atoms with Gasteiger partial charge in [0.25, 0.3) is 6.33 Å². The summed E-state index contributed by atoms with van der Waals surface area (Å²) in [4.78, 5) is 4.92. The number of hydrogen-bond donors (Lipinski definition) is 0. The van der Waals surface area contributed by atoms with Crippen molar-refractivity contribution >= 4 is 32.8 Å². The minimum Gasteiger partial charge on any atom is -0.458 e. The number of pyridine rings is 1. The van der Waals surface area contributed by atoms with Crippen LogP contribution in [0.5, 0.6) is 11.5 Å². The van der Waals surface area contributed by atoms with Crippen LogP contribution >= 0.6 is 0 Å². The molecule has 0 saturated carbocycles. The Morgan fingerprint density at radius 3 is 1.79 bits per heavy atom. The standard InChI is InChI=1S/C77H52N4O/c1-76(2,3)49-41-42-78-73(44-49)81-70-35-15-10-25-58(70)60-39-38-52(46-72(60)81)82-51-20-16-19-50(45-51)79-47-80-69-34-14-9-26-59(69)62-29-17-28-53(74(62)61-27-5-4-21-54(61)63-30-18-36-71(79)75(63)80)48-37-40-68-64(43-48)57-24-8-13-33-67(57)77(68)65-31-11-6-22-55(65)56-23-7-12-32-66(56)77/h4-46H,1-3H3. The van der Waals surface area contributed by atoms with E-state index in [1.165, 1.54) is 77.7 Å². The molecule has 3 aliphatic rings. The van der Waals surface area contributed by atoms with Gasteiger partial charge in [-0.15, -0.1) is 0 Å². The SMILES string of the molecule is CC(C)(C)c1ccnc(-n2c3ccccc3c3ccc(Oc4cccc(-n5[c-][n+]6c7c(cccc75)-c5ccccc5-c5c(-c7ccc8c(c7)-c7ccccc7C87c8ccccc8-c8ccccc87)cccc5-c5ccccc5-6)c4)cc32)c1. The first-order chi connectivity index (χ1) is 40.3. The highest BCUT2D eigenvalue weighted by molar-refractivity contribution is 6.10. The fourth-order valence-electron chi connectivity index (χ4n) is 14.2. The van der Waals surface area contributed by atoms with E-state index in [0.29, 0.717) is 0 Å². The zero-order valence-electron chi connectivity index (χ0n) is 45.5. The lowest BCUT2D eigenvalue weighted by Crippen LogP contribution is -2.30. The van der Waals surface area contributed by atoms with Crippen molar-refractivity contribution in [2.24, 2.45) is 0 Å². The van der Waals surface area contributed by atoms with Crippen molar-refractivity contribution in [3.63, 3.8) is 0 Å². The maximum atomic E-state index is 6.87. The van der Waals surface area contributed by atoms with E-state index in [1.807, 2.05) is 12.3 Å². The van der Waals surface area contributed by atoms with Crippen LogP contribution in [0.15, 0.2) is 261 Å². The number of rotatable bonds is 5. The molecule has 3 aromatic heterocycles. The van der Waals surface area contributed by atoms with E-state index in [1.54, 1.807) is 0 Å². The molecule has 5 heteroatoms. The number of fused-ring (bicyclic) bond motifs is 20. The van der Waals surface area contributed by atoms with Gasteiger partial charge in [-0.3, -0.25) is 13.7 Å². The fourth-order valence-corrected chi connectivity index (χ4v) is 14.2. The van der Waals surface area contributed by atoms with Crippen LogP contribution in [0.1, 0.15) is 48.6 Å². The van der Waals surface area contributed by atoms with Gasteiger partial charge in [0.05, 0.1) is 38.9 Å². The minimum atomic E-state index is -0.406. The molecule has 4 heterocycles. The van der Waals surface area contributed by atoms with Crippen LogP contribution in [0.4, 0.5) is 0 Å². The summed E-state index contributed by atoms with van der Waals surface area (Å²) >= 11 is 0. The topological polar surface area (TPSA) is 35.9 Å². The number of benzene rings is 11. The van der Waals surface area contributed by atoms with Crippen molar-refractivity contribution in [1.29, 1.82) is 0 Å². The molecule has 0 fully saturated rings. The molecule has 386 valence electrons. The van der Waals surface area contributed by atoms with E-state index in [-0.39, 0.29) is 5.41 Å². The molecule has 0 unspecified atom stereocenters. The largest absolute Gasteiger partial charge is 0.458 e. The molecule has 14 aromatic rings. The second kappa shape index (κ2) is 17.3. The van der Waals surface area contributed by atoms with E-state index in [0.717, 1.165) is 78.4 Å². The third-order valence-electron chi connectivity index (χ3n) is 17.8. The third-order valence-corrected chi connectivity index (χ3v) is 17.8. The summed E-state index contributed by atoms with van der Waals surface area (Å²) in [5.74, 6) is 2.35. The molecule has 5 nitrogen and oxygen atoms in total. The molecule has 2 aliphatic carbocycles. The molecule has 0 atom stereocenters. The van der Waals surface area contributed by atoms with Gasteiger partial charge in [-0.05, 0) is 161 Å². The quantitative estimate of drug-likeness (QED) is 0.127. The third kappa shape index (κ3) is 6.56. The van der Waals surface area contributed by atoms with E-state index >= 15 is 0 Å². The monoisotopic (exact) mass is 1050 g/mol. The van der Waals surface area contributed by atoms with Gasteiger partial charge >= 0.3 is 0 Å². The van der Waals surface area contributed by atoms with Gasteiger partial charge in [-0.1, -0.05) is 209 Å². The summed E-state index contributed by atoms with van der Waals surface area (Å²) in [5.41, 5.74) is 26.9. The Labute approximate surface area is 475 Å². The zero-order valence-corrected chi connectivity index (χ0v) is 45.5. The highest BCUT2D eigenvalue weighted by Gasteiger charge is 2.51. The van der Waals surface area contributed by atoms with Crippen molar-refractivity contribution in [2.75, 3.05) is 0 Å². The first-order valence-electron chi connectivity index (χ1n) is 28.4. The molecule has 1 aliphatic heterocycles. The molecule has 0 radical (unpaired) electrons. The van der Waals surface area contributed by atoms with E-state index in [9.17, 15) is 0 Å². The normalized spacial score (nSPS) is 13.2. The average molecular weight is 1050 g/mol. The van der Waals surface area contributed by atoms with E-state index in [4.69, 9.17) is 9.72 Å². The van der Waals surface area contributed by atoms with Crippen molar-refractivity contribution < 1.29 is 9.30 Å². The maximum absolute atomic E-state index is 6.87. The summed E-state index contributed by atoms with van der Waals surface area (Å²) in [6.45, 7) is 6.73. The summed E-state index contributed by atoms with van der Waals surface area (Å²) in [6, 6.07) is 93.5. The lowest BCUT2D eigenvalue weighted by Gasteiger charge is -2.30. The Balaban J connectivity index is 0.802. The number of nitrogens with zero attached hydrogens (tertiary/aromatic N) is 4. The number of para-hydroxylation sites is 3. The lowest BCUT2D eigenvalue weighted by molar-refractivity contribution is -0.571. The first-order valence-corrected chi connectivity index (χ1v) is 28.4. The summed E-state index contributed by atoms with van der Waals surface area (Å²) < 4.78 is 13.6. The molecule has 82 heavy (non-hydrogen) atoms. The number of imidazole rings is 1. The second-order valence-electron chi connectivity index (χ2n) is 23.2. The van der Waals surface area contributed by atoms with Crippen molar-refractivity contribution in [3.05, 3.63) is 295 Å². The summed E-state index contributed by atoms with van der Waals surface area (Å²) in [6.07, 6.45) is 5.85. The highest BCUT2D eigenvalue weighted by Crippen LogP contribution is 2.63. The predicted molar refractivity (Wildman–Crippen MR) is 333 cm³/mol. The van der Waals surface area contributed by atoms with Gasteiger partial charge in [0.2, 0.25) is 0 Å². The van der Waals surface area contributed by atoms with Crippen LogP contribution in [0, 0.1) is 6.33 Å². The molecule has 0 saturated heterocycles. The molecule has 0 bridgehead atoms. The van der Waals surface area contributed by atoms with Crippen LogP contribution in [0.25, 0.3) is 117 Å². The Bertz CT molecular complexity index is 4980. The molecule has 1 spiro atoms. The van der Waals surface area contributed by atoms with Crippen LogP contribution in [0.2, 0.25) is 0 Å². The number of aromatic nitrogens is 4. The van der Waals surface area contributed by atoms with Crippen molar-refractivity contribution in [3.8, 4) is 95.5 Å². The van der Waals surface area contributed by atoms with Gasteiger partial charge in [0.15, 0.2) is 0 Å². The molecule has 11 aromatic carbocycles. The van der Waals surface area contributed by atoms with E-state index in [2.05, 4.69) is 290 Å². The number of ether oxygens (including phenoxy) is 1. The van der Waals surface area contributed by atoms with Gasteiger partial charge < -0.3 is 4.74 Å². The first kappa shape index (κ1) is 46.5. The van der Waals surface area contributed by atoms with Gasteiger partial charge in [-0.25, -0.2) is 4.98 Å². The smallest absolute Gasteiger partial charge is 0.269 e. The lowest BCUT2D eigenvalue weighted by atomic mass is 9.70. The molecular weight excluding hydrogens is 997 g/mol. The Morgan fingerprint density at radius 2 is 1.01 bits per heavy atom. The molecular formula is C77H52N4O. The Morgan fingerprint density at radius 1 is 0.427 bits per heavy atom. The van der Waals surface area contributed by atoms with Gasteiger partial charge in [0.1, 0.15) is 17.3 Å². The van der Waals surface area contributed by atoms with Crippen molar-refractivity contribution in [2.45, 2.75) is 31.6 Å². The van der Waals surface area contributed by atoms with E-state index < -0.39 is 5.41 Å². The maximum Gasteiger partial charge on any atom is 0.269 e. The van der Waals surface area contributed by atoms with Gasteiger partial charge in [0, 0.05) is 23.0 Å².